The summed E-state index contributed by atoms with van der Waals surface area (Å²) in [5, 5.41) is 7.46. The zero-order chi connectivity index (χ0) is 15.8. The van der Waals surface area contributed by atoms with Crippen molar-refractivity contribution in [2.45, 2.75) is 57.2 Å². The number of morpholine rings is 1. The van der Waals surface area contributed by atoms with Crippen LogP contribution in [-0.4, -0.2) is 52.4 Å². The fourth-order valence-corrected chi connectivity index (χ4v) is 4.08. The Hall–Kier alpha value is -1.40. The molecule has 6 heteroatoms. The van der Waals surface area contributed by atoms with Crippen molar-refractivity contribution in [3.05, 3.63) is 12.3 Å². The maximum Gasteiger partial charge on any atom is 0.239 e. The number of anilines is 1. The summed E-state index contributed by atoms with van der Waals surface area (Å²) in [6, 6.07) is 2.68. The largest absolute Gasteiger partial charge is 0.375 e. The van der Waals surface area contributed by atoms with E-state index >= 15 is 0 Å². The fourth-order valence-electron chi connectivity index (χ4n) is 4.08. The van der Waals surface area contributed by atoms with Crippen LogP contribution in [0.15, 0.2) is 12.3 Å². The first kappa shape index (κ1) is 15.1. The number of ether oxygens (including phenoxy) is 1. The third-order valence-electron chi connectivity index (χ3n) is 5.57. The number of nitrogens with zero attached hydrogens (tertiary/aromatic N) is 3. The molecule has 1 saturated heterocycles. The number of carbonyl (C=O) groups is 1. The number of fused-ring (bicyclic) bond motifs is 1. The minimum atomic E-state index is 0.0577. The molecule has 23 heavy (non-hydrogen) atoms. The summed E-state index contributed by atoms with van der Waals surface area (Å²) in [4.78, 5) is 14.8. The Morgan fingerprint density at radius 3 is 3.13 bits per heavy atom. The Morgan fingerprint density at radius 2 is 2.30 bits per heavy atom. The summed E-state index contributed by atoms with van der Waals surface area (Å²) in [5.41, 5.74) is 0. The van der Waals surface area contributed by atoms with Gasteiger partial charge >= 0.3 is 0 Å². The molecule has 0 aromatic carbocycles. The molecule has 3 fully saturated rings. The Labute approximate surface area is 137 Å². The highest BCUT2D eigenvalue weighted by molar-refractivity contribution is 5.91. The summed E-state index contributed by atoms with van der Waals surface area (Å²) in [5.74, 6) is 1.59. The number of rotatable bonds is 5. The fraction of sp³-hybridized carbons (Fsp3) is 0.765. The minimum absolute atomic E-state index is 0.0577. The average molecular weight is 318 g/mol. The van der Waals surface area contributed by atoms with Gasteiger partial charge in [-0.2, -0.15) is 5.10 Å². The van der Waals surface area contributed by atoms with Crippen LogP contribution in [0.5, 0.6) is 0 Å². The second kappa shape index (κ2) is 6.24. The monoisotopic (exact) mass is 318 g/mol. The van der Waals surface area contributed by atoms with Crippen molar-refractivity contribution in [1.29, 1.82) is 0 Å². The lowest BCUT2D eigenvalue weighted by atomic mass is 10.1. The van der Waals surface area contributed by atoms with E-state index in [1.54, 1.807) is 6.20 Å². The lowest BCUT2D eigenvalue weighted by Crippen LogP contribution is -2.51. The van der Waals surface area contributed by atoms with E-state index in [0.717, 1.165) is 31.8 Å². The van der Waals surface area contributed by atoms with E-state index in [9.17, 15) is 4.79 Å². The standard InChI is InChI=1S/C17H26N4O2/c1-12(13-5-6-13)21-16(7-8-18-21)19-17(22)11-20-9-10-23-15-4-2-3-14(15)20/h7-8,12-15H,2-6,9-11H2,1H3,(H,19,22). The summed E-state index contributed by atoms with van der Waals surface area (Å²) >= 11 is 0. The molecule has 126 valence electrons. The van der Waals surface area contributed by atoms with E-state index in [0.29, 0.717) is 30.7 Å². The van der Waals surface area contributed by atoms with Crippen molar-refractivity contribution in [2.24, 2.45) is 5.92 Å². The van der Waals surface area contributed by atoms with Gasteiger partial charge < -0.3 is 10.1 Å². The molecule has 0 bridgehead atoms. The van der Waals surface area contributed by atoms with Crippen LogP contribution in [0.25, 0.3) is 0 Å². The average Bonchev–Trinajstić information content (AvgIpc) is 3.09. The molecule has 2 aliphatic carbocycles. The van der Waals surface area contributed by atoms with Gasteiger partial charge in [-0.15, -0.1) is 0 Å². The molecular formula is C17H26N4O2. The number of aromatic nitrogens is 2. The lowest BCUT2D eigenvalue weighted by Gasteiger charge is -2.37. The molecule has 1 amide bonds. The molecule has 1 aliphatic heterocycles. The van der Waals surface area contributed by atoms with Crippen molar-refractivity contribution >= 4 is 11.7 Å². The molecule has 3 atom stereocenters. The van der Waals surface area contributed by atoms with Gasteiger partial charge in [0.1, 0.15) is 5.82 Å². The Balaban J connectivity index is 1.37. The lowest BCUT2D eigenvalue weighted by molar-refractivity contribution is -0.121. The van der Waals surface area contributed by atoms with Gasteiger partial charge in [0, 0.05) is 18.7 Å². The van der Waals surface area contributed by atoms with Gasteiger partial charge in [-0.1, -0.05) is 0 Å². The van der Waals surface area contributed by atoms with Gasteiger partial charge in [-0.25, -0.2) is 4.68 Å². The molecule has 4 rings (SSSR count). The predicted octanol–water partition coefficient (Wildman–Crippen LogP) is 2.05. The molecular weight excluding hydrogens is 292 g/mol. The smallest absolute Gasteiger partial charge is 0.239 e. The Morgan fingerprint density at radius 1 is 1.43 bits per heavy atom. The molecule has 2 heterocycles. The molecule has 3 unspecified atom stereocenters. The summed E-state index contributed by atoms with van der Waals surface area (Å²) < 4.78 is 7.78. The highest BCUT2D eigenvalue weighted by atomic mass is 16.5. The zero-order valence-corrected chi connectivity index (χ0v) is 13.8. The molecule has 2 saturated carbocycles. The third-order valence-corrected chi connectivity index (χ3v) is 5.57. The van der Waals surface area contributed by atoms with Crippen LogP contribution in [0.3, 0.4) is 0 Å². The molecule has 1 N–H and O–H groups in total. The summed E-state index contributed by atoms with van der Waals surface area (Å²) in [6.07, 6.45) is 8.13. The van der Waals surface area contributed by atoms with Gasteiger partial charge in [-0.3, -0.25) is 9.69 Å². The zero-order valence-electron chi connectivity index (χ0n) is 13.8. The van der Waals surface area contributed by atoms with Crippen LogP contribution < -0.4 is 5.32 Å². The number of nitrogens with one attached hydrogen (secondary N) is 1. The minimum Gasteiger partial charge on any atom is -0.375 e. The highest BCUT2D eigenvalue weighted by Crippen LogP contribution is 2.40. The van der Waals surface area contributed by atoms with E-state index in [-0.39, 0.29) is 5.91 Å². The predicted molar refractivity (Wildman–Crippen MR) is 87.2 cm³/mol. The Bertz CT molecular complexity index is 569. The summed E-state index contributed by atoms with van der Waals surface area (Å²) in [6.45, 7) is 4.23. The van der Waals surface area contributed by atoms with E-state index < -0.39 is 0 Å². The van der Waals surface area contributed by atoms with E-state index in [4.69, 9.17) is 4.74 Å². The SMILES string of the molecule is CC(C1CC1)n1nccc1NC(=O)CN1CCOC2CCCC21. The third kappa shape index (κ3) is 3.15. The van der Waals surface area contributed by atoms with Gasteiger partial charge in [0.15, 0.2) is 0 Å². The number of hydrogen-bond donors (Lipinski definition) is 1. The number of amides is 1. The number of carbonyl (C=O) groups excluding carboxylic acids is 1. The van der Waals surface area contributed by atoms with E-state index in [1.807, 2.05) is 10.7 Å². The quantitative estimate of drug-likeness (QED) is 0.902. The maximum atomic E-state index is 12.5. The van der Waals surface area contributed by atoms with E-state index in [1.165, 1.54) is 19.3 Å². The topological polar surface area (TPSA) is 59.4 Å². The van der Waals surface area contributed by atoms with Crippen molar-refractivity contribution in [2.75, 3.05) is 25.0 Å². The molecule has 0 radical (unpaired) electrons. The van der Waals surface area contributed by atoms with Crippen molar-refractivity contribution in [1.82, 2.24) is 14.7 Å². The van der Waals surface area contributed by atoms with Gasteiger partial charge in [-0.05, 0) is 44.9 Å². The van der Waals surface area contributed by atoms with Crippen LogP contribution in [0.2, 0.25) is 0 Å². The van der Waals surface area contributed by atoms with Crippen molar-refractivity contribution in [3.63, 3.8) is 0 Å². The van der Waals surface area contributed by atoms with Crippen LogP contribution >= 0.6 is 0 Å². The van der Waals surface area contributed by atoms with Gasteiger partial charge in [0.2, 0.25) is 5.91 Å². The van der Waals surface area contributed by atoms with Crippen molar-refractivity contribution in [3.8, 4) is 0 Å². The van der Waals surface area contributed by atoms with Gasteiger partial charge in [0.05, 0.1) is 31.5 Å². The molecule has 1 aromatic rings. The number of hydrogen-bond acceptors (Lipinski definition) is 4. The maximum absolute atomic E-state index is 12.5. The van der Waals surface area contributed by atoms with Crippen LogP contribution in [0.4, 0.5) is 5.82 Å². The van der Waals surface area contributed by atoms with Crippen molar-refractivity contribution < 1.29 is 9.53 Å². The van der Waals surface area contributed by atoms with Crippen LogP contribution in [-0.2, 0) is 9.53 Å². The van der Waals surface area contributed by atoms with Crippen LogP contribution in [0, 0.1) is 5.92 Å². The molecule has 1 aromatic heterocycles. The van der Waals surface area contributed by atoms with Gasteiger partial charge in [0.25, 0.3) is 0 Å². The second-order valence-corrected chi connectivity index (χ2v) is 7.17. The second-order valence-electron chi connectivity index (χ2n) is 7.17. The highest BCUT2D eigenvalue weighted by Gasteiger charge is 2.37. The normalized spacial score (nSPS) is 29.3. The first-order valence-corrected chi connectivity index (χ1v) is 8.91. The molecule has 0 spiro atoms. The molecule has 3 aliphatic rings. The first-order valence-electron chi connectivity index (χ1n) is 8.91. The van der Waals surface area contributed by atoms with E-state index in [2.05, 4.69) is 22.2 Å². The summed E-state index contributed by atoms with van der Waals surface area (Å²) in [7, 11) is 0. The van der Waals surface area contributed by atoms with Crippen LogP contribution in [0.1, 0.15) is 45.1 Å². The molecule has 6 nitrogen and oxygen atoms in total. The Kier molecular flexibility index (Phi) is 4.11. The first-order chi connectivity index (χ1) is 11.2.